The van der Waals surface area contributed by atoms with Crippen molar-refractivity contribution in [3.8, 4) is 0 Å². The molecule has 0 fully saturated rings. The molecule has 2 aromatic heterocycles. The average Bonchev–Trinajstić information content (AvgIpc) is 2.99. The summed E-state index contributed by atoms with van der Waals surface area (Å²) in [5.74, 6) is -0.0438. The third-order valence-corrected chi connectivity index (χ3v) is 4.28. The number of aromatic nitrogens is 4. The van der Waals surface area contributed by atoms with Crippen LogP contribution in [0.2, 0.25) is 5.02 Å². The highest BCUT2D eigenvalue weighted by molar-refractivity contribution is 6.30. The van der Waals surface area contributed by atoms with Gasteiger partial charge in [-0.2, -0.15) is 4.98 Å². The lowest BCUT2D eigenvalue weighted by Crippen LogP contribution is -2.25. The summed E-state index contributed by atoms with van der Waals surface area (Å²) in [5, 5.41) is 7.64. The summed E-state index contributed by atoms with van der Waals surface area (Å²) in [4.78, 5) is 29.1. The maximum atomic E-state index is 13.0. The van der Waals surface area contributed by atoms with Gasteiger partial charge in [0.15, 0.2) is 5.78 Å². The van der Waals surface area contributed by atoms with Crippen molar-refractivity contribution in [1.29, 1.82) is 0 Å². The molecule has 0 radical (unpaired) electrons. The quantitative estimate of drug-likeness (QED) is 0.522. The molecule has 2 aromatic carbocycles. The van der Waals surface area contributed by atoms with E-state index in [0.29, 0.717) is 22.1 Å². The molecule has 0 unspecified atom stereocenters. The second-order valence-corrected chi connectivity index (χ2v) is 6.42. The zero-order valence-corrected chi connectivity index (χ0v) is 15.1. The van der Waals surface area contributed by atoms with Crippen molar-refractivity contribution in [3.05, 3.63) is 87.7 Å². The molecule has 9 heteroatoms. The van der Waals surface area contributed by atoms with Gasteiger partial charge in [0.2, 0.25) is 0 Å². The topological polar surface area (TPSA) is 81.3 Å². The number of carbonyl (C=O) groups excluding carboxylic acids is 1. The van der Waals surface area contributed by atoms with E-state index in [1.165, 1.54) is 22.7 Å². The highest BCUT2D eigenvalue weighted by Crippen LogP contribution is 2.15. The van der Waals surface area contributed by atoms with E-state index in [1.807, 2.05) is 0 Å². The molecule has 4 rings (SSSR count). The van der Waals surface area contributed by atoms with Crippen LogP contribution in [0.25, 0.3) is 5.78 Å². The van der Waals surface area contributed by atoms with Crippen LogP contribution < -0.4 is 11.0 Å². The van der Waals surface area contributed by atoms with Crippen molar-refractivity contribution in [1.82, 2.24) is 19.2 Å². The minimum Gasteiger partial charge on any atom is -0.340 e. The van der Waals surface area contributed by atoms with Gasteiger partial charge < -0.3 is 5.32 Å². The van der Waals surface area contributed by atoms with Gasteiger partial charge in [-0.3, -0.25) is 4.79 Å². The Morgan fingerprint density at radius 2 is 1.79 bits per heavy atom. The van der Waals surface area contributed by atoms with Crippen LogP contribution in [0, 0.1) is 5.82 Å². The number of nitrogens with one attached hydrogen (secondary N) is 1. The highest BCUT2D eigenvalue weighted by atomic mass is 35.5. The minimum absolute atomic E-state index is 0.140. The van der Waals surface area contributed by atoms with Gasteiger partial charge >= 0.3 is 5.69 Å². The third kappa shape index (κ3) is 3.63. The Labute approximate surface area is 163 Å². The number of anilines is 2. The van der Waals surface area contributed by atoms with Crippen molar-refractivity contribution in [2.45, 2.75) is 6.54 Å². The first-order valence-electron chi connectivity index (χ1n) is 8.27. The number of carbonyl (C=O) groups is 1. The van der Waals surface area contributed by atoms with Crippen molar-refractivity contribution in [2.75, 3.05) is 5.32 Å². The Balaban J connectivity index is 1.59. The van der Waals surface area contributed by atoms with Gasteiger partial charge in [-0.1, -0.05) is 11.6 Å². The lowest BCUT2D eigenvalue weighted by Gasteiger charge is -2.04. The normalized spacial score (nSPS) is 10.9. The highest BCUT2D eigenvalue weighted by Gasteiger charge is 2.13. The number of hydrogen-bond acceptors (Lipinski definition) is 5. The van der Waals surface area contributed by atoms with Crippen LogP contribution in [0.3, 0.4) is 0 Å². The van der Waals surface area contributed by atoms with E-state index in [4.69, 9.17) is 11.6 Å². The summed E-state index contributed by atoms with van der Waals surface area (Å²) in [6.45, 7) is -0.218. The molecule has 0 saturated heterocycles. The Bertz CT molecular complexity index is 1220. The van der Waals surface area contributed by atoms with Crippen molar-refractivity contribution >= 4 is 34.7 Å². The fourth-order valence-electron chi connectivity index (χ4n) is 2.62. The van der Waals surface area contributed by atoms with E-state index in [2.05, 4.69) is 15.4 Å². The SMILES string of the molecule is O=C(Cn1nc2nc(Nc3ccc(F)cc3)ccn2c1=O)c1ccc(Cl)cc1. The first-order valence-corrected chi connectivity index (χ1v) is 8.65. The molecular weight excluding hydrogens is 385 g/mol. The van der Waals surface area contributed by atoms with Crippen LogP contribution in [0.5, 0.6) is 0 Å². The fourth-order valence-corrected chi connectivity index (χ4v) is 2.75. The summed E-state index contributed by atoms with van der Waals surface area (Å²) in [5.41, 5.74) is 0.594. The van der Waals surface area contributed by atoms with E-state index in [1.54, 1.807) is 42.5 Å². The zero-order chi connectivity index (χ0) is 19.7. The number of fused-ring (bicyclic) bond motifs is 1. The van der Waals surface area contributed by atoms with Crippen LogP contribution in [0.4, 0.5) is 15.9 Å². The van der Waals surface area contributed by atoms with E-state index < -0.39 is 5.69 Å². The zero-order valence-electron chi connectivity index (χ0n) is 14.3. The number of rotatable bonds is 5. The molecule has 0 aliphatic carbocycles. The molecule has 28 heavy (non-hydrogen) atoms. The van der Waals surface area contributed by atoms with E-state index >= 15 is 0 Å². The molecule has 2 heterocycles. The average molecular weight is 398 g/mol. The maximum Gasteiger partial charge on any atom is 0.352 e. The monoisotopic (exact) mass is 397 g/mol. The molecule has 140 valence electrons. The molecule has 1 N–H and O–H groups in total. The first kappa shape index (κ1) is 17.9. The Morgan fingerprint density at radius 3 is 2.50 bits per heavy atom. The molecule has 0 bridgehead atoms. The van der Waals surface area contributed by atoms with E-state index in [-0.39, 0.29) is 23.9 Å². The Kier molecular flexibility index (Phi) is 4.62. The number of ketones is 1. The van der Waals surface area contributed by atoms with Crippen LogP contribution >= 0.6 is 11.6 Å². The van der Waals surface area contributed by atoms with Crippen LogP contribution in [-0.4, -0.2) is 24.9 Å². The Morgan fingerprint density at radius 1 is 1.07 bits per heavy atom. The summed E-state index contributed by atoms with van der Waals surface area (Å²) < 4.78 is 15.3. The maximum absolute atomic E-state index is 13.0. The fraction of sp³-hybridized carbons (Fsp3) is 0.0526. The third-order valence-electron chi connectivity index (χ3n) is 4.03. The van der Waals surface area contributed by atoms with Crippen LogP contribution in [0.15, 0.2) is 65.6 Å². The van der Waals surface area contributed by atoms with Crippen molar-refractivity contribution < 1.29 is 9.18 Å². The number of benzene rings is 2. The molecule has 7 nitrogen and oxygen atoms in total. The minimum atomic E-state index is -0.474. The molecule has 4 aromatic rings. The molecule has 0 spiro atoms. The molecule has 0 amide bonds. The lowest BCUT2D eigenvalue weighted by atomic mass is 10.1. The van der Waals surface area contributed by atoms with Gasteiger partial charge in [-0.25, -0.2) is 18.3 Å². The molecule has 0 aliphatic heterocycles. The first-order chi connectivity index (χ1) is 13.5. The molecule has 0 saturated carbocycles. The summed E-state index contributed by atoms with van der Waals surface area (Å²) in [6, 6.07) is 13.8. The summed E-state index contributed by atoms with van der Waals surface area (Å²) in [7, 11) is 0. The number of nitrogens with zero attached hydrogens (tertiary/aromatic N) is 4. The largest absolute Gasteiger partial charge is 0.352 e. The predicted octanol–water partition coefficient (Wildman–Crippen LogP) is 3.31. The smallest absolute Gasteiger partial charge is 0.340 e. The Hall–Kier alpha value is -3.52. The molecule has 0 aliphatic rings. The number of Topliss-reactive ketones (excluding diaryl/α,β-unsaturated/α-hetero) is 1. The van der Waals surface area contributed by atoms with Gasteiger partial charge in [0, 0.05) is 22.5 Å². The van der Waals surface area contributed by atoms with E-state index in [0.717, 1.165) is 4.68 Å². The predicted molar refractivity (Wildman–Crippen MR) is 103 cm³/mol. The van der Waals surface area contributed by atoms with Gasteiger partial charge in [-0.05, 0) is 54.6 Å². The summed E-state index contributed by atoms with van der Waals surface area (Å²) >= 11 is 5.82. The van der Waals surface area contributed by atoms with Gasteiger partial charge in [-0.15, -0.1) is 5.10 Å². The standard InChI is InChI=1S/C19H13ClFN5O2/c20-13-3-1-12(2-4-13)16(27)11-26-19(28)25-10-9-17(23-18(25)24-26)22-15-7-5-14(21)6-8-15/h1-10H,11H2,(H,22,23,24). The second-order valence-electron chi connectivity index (χ2n) is 5.98. The van der Waals surface area contributed by atoms with E-state index in [9.17, 15) is 14.0 Å². The van der Waals surface area contributed by atoms with Gasteiger partial charge in [0.05, 0.1) is 0 Å². The van der Waals surface area contributed by atoms with Crippen molar-refractivity contribution in [2.24, 2.45) is 0 Å². The number of halogens is 2. The van der Waals surface area contributed by atoms with Gasteiger partial charge in [0.25, 0.3) is 5.78 Å². The molecule has 0 atom stereocenters. The van der Waals surface area contributed by atoms with Crippen LogP contribution in [0.1, 0.15) is 10.4 Å². The molecular formula is C19H13ClFN5O2. The lowest BCUT2D eigenvalue weighted by molar-refractivity contribution is 0.0966. The van der Waals surface area contributed by atoms with Gasteiger partial charge in [0.1, 0.15) is 18.2 Å². The van der Waals surface area contributed by atoms with Crippen molar-refractivity contribution in [3.63, 3.8) is 0 Å². The number of hydrogen-bond donors (Lipinski definition) is 1. The second kappa shape index (κ2) is 7.24. The summed E-state index contributed by atoms with van der Waals surface area (Å²) in [6.07, 6.45) is 1.51. The van der Waals surface area contributed by atoms with Crippen LogP contribution in [-0.2, 0) is 6.54 Å².